The van der Waals surface area contributed by atoms with E-state index in [1.54, 1.807) is 0 Å². The predicted octanol–water partition coefficient (Wildman–Crippen LogP) is 0.501. The van der Waals surface area contributed by atoms with Gasteiger partial charge in [0.1, 0.15) is 5.69 Å². The zero-order valence-corrected chi connectivity index (χ0v) is 10.4. The van der Waals surface area contributed by atoms with E-state index in [9.17, 15) is 18.5 Å². The second-order valence-electron chi connectivity index (χ2n) is 3.71. The van der Waals surface area contributed by atoms with Crippen molar-refractivity contribution in [3.63, 3.8) is 0 Å². The van der Waals surface area contributed by atoms with Crippen molar-refractivity contribution in [2.45, 2.75) is 0 Å². The molecule has 0 saturated carbocycles. The van der Waals surface area contributed by atoms with E-state index in [0.717, 1.165) is 0 Å². The molecule has 1 rings (SSSR count). The van der Waals surface area contributed by atoms with Gasteiger partial charge in [-0.05, 0) is 12.1 Å². The highest BCUT2D eigenvalue weighted by Gasteiger charge is 2.18. The van der Waals surface area contributed by atoms with Gasteiger partial charge in [-0.1, -0.05) is 0 Å². The third-order valence-corrected chi connectivity index (χ3v) is 2.99. The minimum absolute atomic E-state index is 0.0659. The van der Waals surface area contributed by atoms with Crippen molar-refractivity contribution in [2.75, 3.05) is 30.0 Å². The Morgan fingerprint density at radius 3 is 2.61 bits per heavy atom. The fourth-order valence-corrected chi connectivity index (χ4v) is 1.89. The van der Waals surface area contributed by atoms with Crippen molar-refractivity contribution in [1.29, 1.82) is 0 Å². The van der Waals surface area contributed by atoms with Gasteiger partial charge >= 0.3 is 0 Å². The molecule has 0 aliphatic carbocycles. The number of hydrogen-bond donors (Lipinski definition) is 2. The minimum atomic E-state index is -4.10. The number of rotatable bonds is 5. The molecule has 0 saturated heterocycles. The fourth-order valence-electron chi connectivity index (χ4n) is 1.38. The summed E-state index contributed by atoms with van der Waals surface area (Å²) < 4.78 is 29.9. The topological polar surface area (TPSA) is 127 Å². The van der Waals surface area contributed by atoms with Gasteiger partial charge in [0.15, 0.2) is 0 Å². The van der Waals surface area contributed by atoms with Gasteiger partial charge in [0.05, 0.1) is 10.7 Å². The Balaban J connectivity index is 2.98. The van der Waals surface area contributed by atoms with Crippen LogP contribution in [0.4, 0.5) is 17.1 Å². The van der Waals surface area contributed by atoms with Crippen molar-refractivity contribution < 1.29 is 17.9 Å². The van der Waals surface area contributed by atoms with Crippen molar-refractivity contribution in [3.05, 3.63) is 28.3 Å². The molecular weight excluding hydrogens is 262 g/mol. The van der Waals surface area contributed by atoms with Crippen LogP contribution in [0.15, 0.2) is 18.2 Å². The van der Waals surface area contributed by atoms with Gasteiger partial charge in [-0.25, -0.2) is 0 Å². The minimum Gasteiger partial charge on any atom is -0.399 e. The summed E-state index contributed by atoms with van der Waals surface area (Å²) in [6.45, 7) is -0.0659. The van der Waals surface area contributed by atoms with Crippen LogP contribution >= 0.6 is 0 Å². The first-order valence-electron chi connectivity index (χ1n) is 4.91. The summed E-state index contributed by atoms with van der Waals surface area (Å²) in [5.74, 6) is -0.509. The van der Waals surface area contributed by atoms with E-state index >= 15 is 0 Å². The van der Waals surface area contributed by atoms with Gasteiger partial charge in [-0.15, -0.1) is 0 Å². The van der Waals surface area contributed by atoms with Gasteiger partial charge in [0.2, 0.25) is 0 Å². The number of nitrogens with zero attached hydrogens (tertiary/aromatic N) is 2. The van der Waals surface area contributed by atoms with Crippen LogP contribution in [0.2, 0.25) is 0 Å². The molecule has 0 aromatic heterocycles. The van der Waals surface area contributed by atoms with Crippen LogP contribution in [-0.2, 0) is 10.1 Å². The summed E-state index contributed by atoms with van der Waals surface area (Å²) in [4.78, 5) is 11.6. The smallest absolute Gasteiger partial charge is 0.294 e. The fraction of sp³-hybridized carbons (Fsp3) is 0.333. The summed E-state index contributed by atoms with van der Waals surface area (Å²) in [6, 6.07) is 4.10. The molecule has 1 aromatic rings. The molecule has 1 aromatic carbocycles. The third-order valence-electron chi connectivity index (χ3n) is 2.29. The first-order chi connectivity index (χ1) is 8.20. The molecule has 8 nitrogen and oxygen atoms in total. The number of hydrogen-bond acceptors (Lipinski definition) is 6. The maximum Gasteiger partial charge on any atom is 0.294 e. The molecule has 3 N–H and O–H groups in total. The predicted molar refractivity (Wildman–Crippen MR) is 67.2 cm³/mol. The Morgan fingerprint density at radius 1 is 1.50 bits per heavy atom. The summed E-state index contributed by atoms with van der Waals surface area (Å²) in [5.41, 5.74) is 5.71. The Hall–Kier alpha value is -1.87. The van der Waals surface area contributed by atoms with E-state index in [-0.39, 0.29) is 23.6 Å². The maximum atomic E-state index is 10.8. The van der Waals surface area contributed by atoms with E-state index < -0.39 is 20.8 Å². The van der Waals surface area contributed by atoms with Crippen LogP contribution in [0.1, 0.15) is 0 Å². The van der Waals surface area contributed by atoms with Crippen LogP contribution in [0, 0.1) is 10.1 Å². The number of anilines is 2. The lowest BCUT2D eigenvalue weighted by atomic mass is 10.2. The second-order valence-corrected chi connectivity index (χ2v) is 5.28. The first-order valence-corrected chi connectivity index (χ1v) is 6.52. The normalized spacial score (nSPS) is 11.2. The molecule has 0 amide bonds. The number of benzene rings is 1. The van der Waals surface area contributed by atoms with Crippen molar-refractivity contribution in [2.24, 2.45) is 0 Å². The van der Waals surface area contributed by atoms with Crippen LogP contribution < -0.4 is 10.6 Å². The molecule has 0 fully saturated rings. The van der Waals surface area contributed by atoms with Crippen LogP contribution in [-0.4, -0.2) is 37.2 Å². The van der Waals surface area contributed by atoms with E-state index in [2.05, 4.69) is 0 Å². The maximum absolute atomic E-state index is 10.8. The Bertz CT molecular complexity index is 557. The standard InChI is InChI=1S/C9H13N3O5S/c1-11(4-5-18(15,16)17)8-3-2-7(10)6-9(8)12(13)14/h2-3,6H,4-5,10H2,1H3,(H,15,16,17). The summed E-state index contributed by atoms with van der Waals surface area (Å²) >= 11 is 0. The van der Waals surface area contributed by atoms with Gasteiger partial charge in [-0.3, -0.25) is 14.7 Å². The molecule has 9 heteroatoms. The third kappa shape index (κ3) is 3.86. The largest absolute Gasteiger partial charge is 0.399 e. The van der Waals surface area contributed by atoms with Crippen molar-refractivity contribution in [3.8, 4) is 0 Å². The Labute approximate surface area is 104 Å². The molecular formula is C9H13N3O5S. The lowest BCUT2D eigenvalue weighted by Gasteiger charge is -2.18. The van der Waals surface area contributed by atoms with Gasteiger partial charge in [0, 0.05) is 25.3 Å². The zero-order chi connectivity index (χ0) is 13.9. The van der Waals surface area contributed by atoms with Gasteiger partial charge in [-0.2, -0.15) is 8.42 Å². The van der Waals surface area contributed by atoms with Crippen molar-refractivity contribution in [1.82, 2.24) is 0 Å². The van der Waals surface area contributed by atoms with Gasteiger partial charge in [0.25, 0.3) is 15.8 Å². The molecule has 0 radical (unpaired) electrons. The summed E-state index contributed by atoms with van der Waals surface area (Å²) in [7, 11) is -2.61. The van der Waals surface area contributed by atoms with E-state index in [1.807, 2.05) is 0 Å². The lowest BCUT2D eigenvalue weighted by Crippen LogP contribution is -2.25. The number of nitrogens with two attached hydrogens (primary N) is 1. The Morgan fingerprint density at radius 2 is 2.11 bits per heavy atom. The number of nitrogen functional groups attached to an aromatic ring is 1. The van der Waals surface area contributed by atoms with E-state index in [1.165, 1.54) is 30.1 Å². The molecule has 0 bridgehead atoms. The first kappa shape index (κ1) is 14.2. The molecule has 100 valence electrons. The molecule has 0 spiro atoms. The molecule has 18 heavy (non-hydrogen) atoms. The molecule has 0 unspecified atom stereocenters. The number of nitro benzene ring substituents is 1. The second kappa shape index (κ2) is 5.19. The number of nitro groups is 1. The van der Waals surface area contributed by atoms with Crippen LogP contribution in [0.25, 0.3) is 0 Å². The summed E-state index contributed by atoms with van der Waals surface area (Å²) in [5, 5.41) is 10.8. The van der Waals surface area contributed by atoms with Crippen LogP contribution in [0.3, 0.4) is 0 Å². The Kier molecular flexibility index (Phi) is 4.09. The molecule has 0 aliphatic rings. The zero-order valence-electron chi connectivity index (χ0n) is 9.61. The molecule has 0 aliphatic heterocycles. The highest BCUT2D eigenvalue weighted by atomic mass is 32.2. The highest BCUT2D eigenvalue weighted by molar-refractivity contribution is 7.85. The molecule has 0 atom stereocenters. The SMILES string of the molecule is CN(CCS(=O)(=O)O)c1ccc(N)cc1[N+](=O)[O-]. The van der Waals surface area contributed by atoms with Crippen molar-refractivity contribution >= 4 is 27.2 Å². The summed E-state index contributed by atoms with van der Waals surface area (Å²) in [6.07, 6.45) is 0. The molecule has 0 heterocycles. The quantitative estimate of drug-likeness (QED) is 0.346. The van der Waals surface area contributed by atoms with Crippen LogP contribution in [0.5, 0.6) is 0 Å². The average Bonchev–Trinajstić information content (AvgIpc) is 2.24. The monoisotopic (exact) mass is 275 g/mol. The van der Waals surface area contributed by atoms with Gasteiger partial charge < -0.3 is 10.6 Å². The average molecular weight is 275 g/mol. The van der Waals surface area contributed by atoms with E-state index in [4.69, 9.17) is 10.3 Å². The van der Waals surface area contributed by atoms with E-state index in [0.29, 0.717) is 0 Å². The highest BCUT2D eigenvalue weighted by Crippen LogP contribution is 2.29. The lowest BCUT2D eigenvalue weighted by molar-refractivity contribution is -0.384.